The van der Waals surface area contributed by atoms with Crippen LogP contribution in [0.25, 0.3) is 0 Å². The second kappa shape index (κ2) is 8.97. The van der Waals surface area contributed by atoms with Crippen molar-refractivity contribution >= 4 is 21.8 Å². The van der Waals surface area contributed by atoms with Gasteiger partial charge in [0.1, 0.15) is 5.75 Å². The van der Waals surface area contributed by atoms with Crippen LogP contribution in [0.4, 0.5) is 0 Å². The molecular weight excluding hydrogens is 306 g/mol. The molecule has 0 radical (unpaired) electrons. The molecule has 1 amide bonds. The summed E-state index contributed by atoms with van der Waals surface area (Å²) in [5, 5.41) is 2.95. The van der Waals surface area contributed by atoms with E-state index in [9.17, 15) is 4.79 Å². The van der Waals surface area contributed by atoms with E-state index in [2.05, 4.69) is 35.1 Å². The fourth-order valence-electron chi connectivity index (χ4n) is 1.74. The number of benzene rings is 1. The number of rotatable bonds is 8. The van der Waals surface area contributed by atoms with Gasteiger partial charge in [0.15, 0.2) is 0 Å². The molecule has 19 heavy (non-hydrogen) atoms. The third kappa shape index (κ3) is 6.62. The SMILES string of the molecule is CCC(CC)CNC(=O)CCOc1cccc(Br)c1. The summed E-state index contributed by atoms with van der Waals surface area (Å²) in [6.07, 6.45) is 2.60. The Balaban J connectivity index is 2.20. The summed E-state index contributed by atoms with van der Waals surface area (Å²) >= 11 is 3.38. The minimum atomic E-state index is 0.0573. The van der Waals surface area contributed by atoms with Crippen molar-refractivity contribution in [3.63, 3.8) is 0 Å². The maximum atomic E-state index is 11.6. The second-order valence-electron chi connectivity index (χ2n) is 4.54. The van der Waals surface area contributed by atoms with Crippen LogP contribution in [0.1, 0.15) is 33.1 Å². The number of ether oxygens (including phenoxy) is 1. The van der Waals surface area contributed by atoms with Crippen LogP contribution in [-0.2, 0) is 4.79 Å². The highest BCUT2D eigenvalue weighted by Gasteiger charge is 2.06. The van der Waals surface area contributed by atoms with Gasteiger partial charge < -0.3 is 10.1 Å². The average molecular weight is 328 g/mol. The minimum absolute atomic E-state index is 0.0573. The maximum absolute atomic E-state index is 11.6. The molecule has 4 heteroatoms. The van der Waals surface area contributed by atoms with Gasteiger partial charge in [0.2, 0.25) is 5.91 Å². The van der Waals surface area contributed by atoms with Crippen LogP contribution < -0.4 is 10.1 Å². The lowest BCUT2D eigenvalue weighted by atomic mass is 10.0. The third-order valence-electron chi connectivity index (χ3n) is 3.14. The molecule has 1 rings (SSSR count). The third-order valence-corrected chi connectivity index (χ3v) is 3.63. The average Bonchev–Trinajstić information content (AvgIpc) is 2.40. The zero-order chi connectivity index (χ0) is 14.1. The molecule has 3 nitrogen and oxygen atoms in total. The molecular formula is C15H22BrNO2. The van der Waals surface area contributed by atoms with Crippen molar-refractivity contribution in [3.05, 3.63) is 28.7 Å². The number of carbonyl (C=O) groups excluding carboxylic acids is 1. The Morgan fingerprint density at radius 2 is 2.11 bits per heavy atom. The van der Waals surface area contributed by atoms with Gasteiger partial charge in [-0.2, -0.15) is 0 Å². The van der Waals surface area contributed by atoms with Gasteiger partial charge in [-0.1, -0.05) is 48.7 Å². The van der Waals surface area contributed by atoms with E-state index in [0.717, 1.165) is 29.6 Å². The maximum Gasteiger partial charge on any atom is 0.223 e. The summed E-state index contributed by atoms with van der Waals surface area (Å²) in [5.41, 5.74) is 0. The van der Waals surface area contributed by atoms with E-state index in [1.807, 2.05) is 24.3 Å². The molecule has 1 N–H and O–H groups in total. The van der Waals surface area contributed by atoms with E-state index in [0.29, 0.717) is 18.9 Å². The first-order valence-electron chi connectivity index (χ1n) is 6.80. The standard InChI is InChI=1S/C15H22BrNO2/c1-3-12(4-2)11-17-15(18)8-9-19-14-7-5-6-13(16)10-14/h5-7,10,12H,3-4,8-9,11H2,1-2H3,(H,17,18). The highest BCUT2D eigenvalue weighted by molar-refractivity contribution is 9.10. The largest absolute Gasteiger partial charge is 0.493 e. The van der Waals surface area contributed by atoms with Gasteiger partial charge in [-0.25, -0.2) is 0 Å². The van der Waals surface area contributed by atoms with Crippen LogP contribution >= 0.6 is 15.9 Å². The first-order chi connectivity index (χ1) is 9.15. The van der Waals surface area contributed by atoms with Crippen LogP contribution in [0.2, 0.25) is 0 Å². The van der Waals surface area contributed by atoms with Gasteiger partial charge >= 0.3 is 0 Å². The van der Waals surface area contributed by atoms with E-state index in [4.69, 9.17) is 4.74 Å². The molecule has 1 aromatic rings. The summed E-state index contributed by atoms with van der Waals surface area (Å²) in [4.78, 5) is 11.6. The van der Waals surface area contributed by atoms with E-state index in [1.165, 1.54) is 0 Å². The smallest absolute Gasteiger partial charge is 0.223 e. The number of hydrogen-bond donors (Lipinski definition) is 1. The van der Waals surface area contributed by atoms with Gasteiger partial charge in [0.05, 0.1) is 13.0 Å². The molecule has 0 spiro atoms. The van der Waals surface area contributed by atoms with E-state index < -0.39 is 0 Å². The fraction of sp³-hybridized carbons (Fsp3) is 0.533. The van der Waals surface area contributed by atoms with Crippen molar-refractivity contribution < 1.29 is 9.53 Å². The predicted octanol–water partition coefficient (Wildman–Crippen LogP) is 3.77. The highest BCUT2D eigenvalue weighted by Crippen LogP contribution is 2.17. The van der Waals surface area contributed by atoms with Crippen molar-refractivity contribution in [2.24, 2.45) is 5.92 Å². The number of amides is 1. The number of hydrogen-bond acceptors (Lipinski definition) is 2. The van der Waals surface area contributed by atoms with Gasteiger partial charge in [0.25, 0.3) is 0 Å². The van der Waals surface area contributed by atoms with Gasteiger partial charge in [-0.3, -0.25) is 4.79 Å². The molecule has 0 heterocycles. The van der Waals surface area contributed by atoms with Crippen molar-refractivity contribution in [2.75, 3.05) is 13.2 Å². The summed E-state index contributed by atoms with van der Waals surface area (Å²) < 4.78 is 6.50. The highest BCUT2D eigenvalue weighted by atomic mass is 79.9. The molecule has 106 valence electrons. The van der Waals surface area contributed by atoms with Crippen LogP contribution in [-0.4, -0.2) is 19.1 Å². The van der Waals surface area contributed by atoms with Crippen molar-refractivity contribution in [1.82, 2.24) is 5.32 Å². The number of nitrogens with one attached hydrogen (secondary N) is 1. The Hall–Kier alpha value is -1.03. The lowest BCUT2D eigenvalue weighted by molar-refractivity contribution is -0.121. The lowest BCUT2D eigenvalue weighted by Crippen LogP contribution is -2.29. The summed E-state index contributed by atoms with van der Waals surface area (Å²) in [7, 11) is 0. The van der Waals surface area contributed by atoms with Crippen molar-refractivity contribution in [1.29, 1.82) is 0 Å². The molecule has 0 aliphatic rings. The zero-order valence-corrected chi connectivity index (χ0v) is 13.2. The van der Waals surface area contributed by atoms with E-state index in [1.54, 1.807) is 0 Å². The Labute approximate surface area is 123 Å². The zero-order valence-electron chi connectivity index (χ0n) is 11.6. The van der Waals surface area contributed by atoms with Crippen LogP contribution in [0.15, 0.2) is 28.7 Å². The Morgan fingerprint density at radius 3 is 2.74 bits per heavy atom. The molecule has 0 aliphatic heterocycles. The molecule has 0 bridgehead atoms. The van der Waals surface area contributed by atoms with Gasteiger partial charge in [-0.05, 0) is 24.1 Å². The lowest BCUT2D eigenvalue weighted by Gasteiger charge is -2.13. The van der Waals surface area contributed by atoms with Crippen LogP contribution in [0.5, 0.6) is 5.75 Å². The normalized spacial score (nSPS) is 10.5. The molecule has 0 saturated carbocycles. The van der Waals surface area contributed by atoms with E-state index >= 15 is 0 Å². The van der Waals surface area contributed by atoms with E-state index in [-0.39, 0.29) is 5.91 Å². The van der Waals surface area contributed by atoms with Crippen LogP contribution in [0.3, 0.4) is 0 Å². The molecule has 0 fully saturated rings. The molecule has 1 aromatic carbocycles. The Bertz CT molecular complexity index is 391. The first-order valence-corrected chi connectivity index (χ1v) is 7.60. The molecule has 0 aliphatic carbocycles. The molecule has 0 atom stereocenters. The monoisotopic (exact) mass is 327 g/mol. The first kappa shape index (κ1) is 16.0. The fourth-order valence-corrected chi connectivity index (χ4v) is 2.12. The van der Waals surface area contributed by atoms with Gasteiger partial charge in [0, 0.05) is 11.0 Å². The Kier molecular flexibility index (Phi) is 7.56. The minimum Gasteiger partial charge on any atom is -0.493 e. The summed E-state index contributed by atoms with van der Waals surface area (Å²) in [6.45, 7) is 5.47. The quantitative estimate of drug-likeness (QED) is 0.789. The molecule has 0 saturated heterocycles. The van der Waals surface area contributed by atoms with Gasteiger partial charge in [-0.15, -0.1) is 0 Å². The second-order valence-corrected chi connectivity index (χ2v) is 5.46. The Morgan fingerprint density at radius 1 is 1.37 bits per heavy atom. The van der Waals surface area contributed by atoms with Crippen molar-refractivity contribution in [2.45, 2.75) is 33.1 Å². The summed E-state index contributed by atoms with van der Waals surface area (Å²) in [5.74, 6) is 1.42. The topological polar surface area (TPSA) is 38.3 Å². The number of halogens is 1. The molecule has 0 unspecified atom stereocenters. The number of carbonyl (C=O) groups is 1. The van der Waals surface area contributed by atoms with Crippen molar-refractivity contribution in [3.8, 4) is 5.75 Å². The summed E-state index contributed by atoms with van der Waals surface area (Å²) in [6, 6.07) is 7.62. The van der Waals surface area contributed by atoms with Crippen LogP contribution in [0, 0.1) is 5.92 Å². The predicted molar refractivity (Wildman–Crippen MR) is 81.3 cm³/mol. The molecule has 0 aromatic heterocycles.